The van der Waals surface area contributed by atoms with Crippen LogP contribution in [-0.4, -0.2) is 90.1 Å². The number of fused-ring (bicyclic) bond motifs is 1. The van der Waals surface area contributed by atoms with Crippen LogP contribution >= 0.6 is 0 Å². The number of carbonyl (C=O) groups is 2. The Morgan fingerprint density at radius 1 is 0.900 bits per heavy atom. The van der Waals surface area contributed by atoms with Crippen molar-refractivity contribution in [3.63, 3.8) is 0 Å². The van der Waals surface area contributed by atoms with Crippen molar-refractivity contribution in [3.8, 4) is 5.75 Å². The van der Waals surface area contributed by atoms with Crippen LogP contribution in [0.4, 0.5) is 0 Å². The van der Waals surface area contributed by atoms with Crippen LogP contribution in [0.3, 0.4) is 0 Å². The molecular formula is C33H43N3O4. The van der Waals surface area contributed by atoms with Gasteiger partial charge in [-0.05, 0) is 74.1 Å². The monoisotopic (exact) mass is 545 g/mol. The maximum atomic E-state index is 13.2. The third kappa shape index (κ3) is 7.83. The van der Waals surface area contributed by atoms with Crippen LogP contribution in [0.1, 0.15) is 49.0 Å². The van der Waals surface area contributed by atoms with Crippen LogP contribution in [0.15, 0.2) is 66.7 Å². The van der Waals surface area contributed by atoms with Crippen molar-refractivity contribution in [3.05, 3.63) is 77.9 Å². The van der Waals surface area contributed by atoms with E-state index in [-0.39, 0.29) is 12.4 Å². The summed E-state index contributed by atoms with van der Waals surface area (Å²) in [5.74, 6) is 1.11. The highest BCUT2D eigenvalue weighted by Gasteiger charge is 2.26. The Morgan fingerprint density at radius 3 is 2.25 bits per heavy atom. The molecule has 214 valence electrons. The molecule has 5 rings (SSSR count). The Kier molecular flexibility index (Phi) is 11.0. The highest BCUT2D eigenvalue weighted by atomic mass is 16.5. The van der Waals surface area contributed by atoms with Crippen LogP contribution in [0, 0.1) is 0 Å². The summed E-state index contributed by atoms with van der Waals surface area (Å²) in [4.78, 5) is 28.7. The molecule has 2 aliphatic heterocycles. The first kappa shape index (κ1) is 29.6. The summed E-state index contributed by atoms with van der Waals surface area (Å²) in [6.45, 7) is 10.8. The number of piperazine rings is 1. The van der Waals surface area contributed by atoms with Crippen molar-refractivity contribution >= 4 is 23.2 Å². The number of hydrogen-bond acceptors (Lipinski definition) is 5. The number of likely N-dealkylation sites (tertiary alicyclic amines) is 1. The molecule has 0 radical (unpaired) electrons. The first-order valence-corrected chi connectivity index (χ1v) is 14.5. The molecule has 2 atom stereocenters. The first-order valence-electron chi connectivity index (χ1n) is 14.5. The summed E-state index contributed by atoms with van der Waals surface area (Å²) < 4.78 is 6.01. The molecule has 1 amide bonds. The van der Waals surface area contributed by atoms with Gasteiger partial charge in [-0.3, -0.25) is 19.4 Å². The van der Waals surface area contributed by atoms with Gasteiger partial charge in [-0.25, -0.2) is 0 Å². The van der Waals surface area contributed by atoms with Gasteiger partial charge in [0.25, 0.3) is 12.4 Å². The summed E-state index contributed by atoms with van der Waals surface area (Å²) in [5, 5.41) is 9.05. The van der Waals surface area contributed by atoms with Crippen molar-refractivity contribution in [1.82, 2.24) is 14.7 Å². The van der Waals surface area contributed by atoms with E-state index in [1.807, 2.05) is 35.2 Å². The maximum Gasteiger partial charge on any atom is 0.290 e. The molecule has 2 unspecified atom stereocenters. The molecule has 2 saturated heterocycles. The summed E-state index contributed by atoms with van der Waals surface area (Å²) in [7, 11) is 0. The topological polar surface area (TPSA) is 73.3 Å². The van der Waals surface area contributed by atoms with E-state index in [2.05, 4.69) is 60.0 Å². The molecule has 2 heterocycles. The van der Waals surface area contributed by atoms with Crippen LogP contribution in [0.2, 0.25) is 0 Å². The van der Waals surface area contributed by atoms with Crippen LogP contribution in [0.25, 0.3) is 10.8 Å². The second kappa shape index (κ2) is 14.8. The van der Waals surface area contributed by atoms with E-state index in [0.29, 0.717) is 12.1 Å². The molecule has 1 N–H and O–H groups in total. The Balaban J connectivity index is 0.00000118. The van der Waals surface area contributed by atoms with E-state index in [0.717, 1.165) is 80.8 Å². The normalized spacial score (nSPS) is 19.7. The lowest BCUT2D eigenvalue weighted by molar-refractivity contribution is -0.122. The zero-order chi connectivity index (χ0) is 28.3. The van der Waals surface area contributed by atoms with Crippen molar-refractivity contribution in [2.24, 2.45) is 0 Å². The standard InChI is InChI=1S/C32H41N3O2.CH2O2/c1-25-11-12-26(2)35(25)18-6-24-37-29-15-13-27(14-16-29)17-19-33-20-22-34(23-21-33)32(36)31-10-5-8-28-7-3-4-9-30(28)31;2-1-3/h3-5,7-10,13-16,25-26H,6,11-12,17-24H2,1-2H3;1H,(H,2,3). The Hall–Kier alpha value is -3.42. The molecule has 0 bridgehead atoms. The van der Waals surface area contributed by atoms with Crippen LogP contribution in [0.5, 0.6) is 5.75 Å². The molecule has 3 aromatic rings. The van der Waals surface area contributed by atoms with E-state index < -0.39 is 0 Å². The Morgan fingerprint density at radius 2 is 1.55 bits per heavy atom. The van der Waals surface area contributed by atoms with E-state index in [1.165, 1.54) is 18.4 Å². The van der Waals surface area contributed by atoms with Gasteiger partial charge in [0.2, 0.25) is 0 Å². The molecule has 2 fully saturated rings. The summed E-state index contributed by atoms with van der Waals surface area (Å²) in [6, 6.07) is 24.2. The van der Waals surface area contributed by atoms with Gasteiger partial charge in [-0.2, -0.15) is 0 Å². The van der Waals surface area contributed by atoms with Crippen LogP contribution in [-0.2, 0) is 11.2 Å². The highest BCUT2D eigenvalue weighted by molar-refractivity contribution is 6.07. The molecule has 0 aliphatic carbocycles. The number of ether oxygens (including phenoxy) is 1. The van der Waals surface area contributed by atoms with Gasteiger partial charge in [0.15, 0.2) is 0 Å². The number of hydrogen-bond donors (Lipinski definition) is 1. The molecule has 2 aliphatic rings. The second-order valence-corrected chi connectivity index (χ2v) is 10.9. The van der Waals surface area contributed by atoms with Gasteiger partial charge in [0.1, 0.15) is 5.75 Å². The lowest BCUT2D eigenvalue weighted by Crippen LogP contribution is -2.49. The SMILES string of the molecule is CC1CCC(C)N1CCCOc1ccc(CCN2CCN(C(=O)c3cccc4ccccc34)CC2)cc1.O=CO. The van der Waals surface area contributed by atoms with E-state index in [9.17, 15) is 4.79 Å². The van der Waals surface area contributed by atoms with Gasteiger partial charge in [-0.1, -0.05) is 48.5 Å². The fraction of sp³-hybridized carbons (Fsp3) is 0.455. The fourth-order valence-corrected chi connectivity index (χ4v) is 5.92. The first-order chi connectivity index (χ1) is 19.5. The number of nitrogens with zero attached hydrogens (tertiary/aromatic N) is 3. The van der Waals surface area contributed by atoms with Crippen molar-refractivity contribution < 1.29 is 19.4 Å². The number of carbonyl (C=O) groups excluding carboxylic acids is 1. The smallest absolute Gasteiger partial charge is 0.290 e. The molecule has 0 aromatic heterocycles. The second-order valence-electron chi connectivity index (χ2n) is 10.9. The number of carboxylic acid groups (broad SMARTS) is 1. The quantitative estimate of drug-likeness (QED) is 0.295. The number of amides is 1. The molecule has 0 spiro atoms. The van der Waals surface area contributed by atoms with Gasteiger partial charge < -0.3 is 14.7 Å². The largest absolute Gasteiger partial charge is 0.494 e. The maximum absolute atomic E-state index is 13.2. The molecule has 3 aromatic carbocycles. The van der Waals surface area contributed by atoms with Crippen LogP contribution < -0.4 is 4.74 Å². The third-order valence-electron chi connectivity index (χ3n) is 8.28. The predicted molar refractivity (Wildman–Crippen MR) is 160 cm³/mol. The Labute approximate surface area is 238 Å². The number of benzene rings is 3. The summed E-state index contributed by atoms with van der Waals surface area (Å²) >= 11 is 0. The van der Waals surface area contributed by atoms with Crippen molar-refractivity contribution in [1.29, 1.82) is 0 Å². The minimum absolute atomic E-state index is 0.150. The van der Waals surface area contributed by atoms with Crippen molar-refractivity contribution in [2.75, 3.05) is 45.9 Å². The van der Waals surface area contributed by atoms with Gasteiger partial charge in [0.05, 0.1) is 6.61 Å². The molecule has 7 heteroatoms. The van der Waals surface area contributed by atoms with Gasteiger partial charge >= 0.3 is 0 Å². The minimum atomic E-state index is -0.250. The fourth-order valence-electron chi connectivity index (χ4n) is 5.92. The predicted octanol–water partition coefficient (Wildman–Crippen LogP) is 5.18. The Bertz CT molecular complexity index is 1210. The highest BCUT2D eigenvalue weighted by Crippen LogP contribution is 2.24. The lowest BCUT2D eigenvalue weighted by Gasteiger charge is -2.35. The average Bonchev–Trinajstić information content (AvgIpc) is 3.31. The average molecular weight is 546 g/mol. The van der Waals surface area contributed by atoms with Gasteiger partial charge in [0, 0.05) is 56.9 Å². The molecule has 40 heavy (non-hydrogen) atoms. The molecule has 0 saturated carbocycles. The third-order valence-corrected chi connectivity index (χ3v) is 8.28. The zero-order valence-electron chi connectivity index (χ0n) is 23.9. The number of rotatable bonds is 9. The van der Waals surface area contributed by atoms with E-state index in [4.69, 9.17) is 14.6 Å². The van der Waals surface area contributed by atoms with Gasteiger partial charge in [-0.15, -0.1) is 0 Å². The van der Waals surface area contributed by atoms with E-state index in [1.54, 1.807) is 0 Å². The van der Waals surface area contributed by atoms with E-state index >= 15 is 0 Å². The van der Waals surface area contributed by atoms with Crippen molar-refractivity contribution in [2.45, 2.75) is 51.6 Å². The summed E-state index contributed by atoms with van der Waals surface area (Å²) in [5.41, 5.74) is 2.15. The minimum Gasteiger partial charge on any atom is -0.494 e. The summed E-state index contributed by atoms with van der Waals surface area (Å²) in [6.07, 6.45) is 4.73. The molecular weight excluding hydrogens is 502 g/mol. The molecule has 7 nitrogen and oxygen atoms in total. The zero-order valence-corrected chi connectivity index (χ0v) is 23.9. The lowest BCUT2D eigenvalue weighted by atomic mass is 10.0.